The molecule has 1 aromatic carbocycles. The predicted molar refractivity (Wildman–Crippen MR) is 79.3 cm³/mol. The second-order valence-electron chi connectivity index (χ2n) is 5.44. The van der Waals surface area contributed by atoms with Gasteiger partial charge >= 0.3 is 0 Å². The van der Waals surface area contributed by atoms with E-state index < -0.39 is 0 Å². The largest absolute Gasteiger partial charge is 0.296 e. The van der Waals surface area contributed by atoms with Gasteiger partial charge < -0.3 is 0 Å². The maximum atomic E-state index is 13.5. The van der Waals surface area contributed by atoms with Crippen LogP contribution in [0.5, 0.6) is 0 Å². The number of rotatable bonds is 3. The first-order chi connectivity index (χ1) is 10.1. The summed E-state index contributed by atoms with van der Waals surface area (Å²) in [6.07, 6.45) is 5.08. The van der Waals surface area contributed by atoms with Crippen molar-refractivity contribution in [2.45, 2.75) is 38.8 Å². The lowest BCUT2D eigenvalue weighted by molar-refractivity contribution is 0.152. The summed E-state index contributed by atoms with van der Waals surface area (Å²) in [5.74, 6) is -0.290. The van der Waals surface area contributed by atoms with Gasteiger partial charge in [-0.1, -0.05) is 12.5 Å². The highest BCUT2D eigenvalue weighted by Gasteiger charge is 2.19. The molecule has 0 radical (unpaired) electrons. The van der Waals surface area contributed by atoms with Gasteiger partial charge in [0.05, 0.1) is 0 Å². The zero-order valence-electron chi connectivity index (χ0n) is 12.1. The van der Waals surface area contributed by atoms with Crippen LogP contribution >= 0.6 is 0 Å². The molecule has 0 bridgehead atoms. The molecule has 0 spiro atoms. The Kier molecular flexibility index (Phi) is 5.09. The van der Waals surface area contributed by atoms with Crippen LogP contribution in [0.4, 0.5) is 4.39 Å². The minimum atomic E-state index is -0.290. The molecule has 1 atom stereocenters. The van der Waals surface area contributed by atoms with Crippen molar-refractivity contribution in [3.63, 3.8) is 0 Å². The zero-order chi connectivity index (χ0) is 15.2. The molecule has 3 nitrogen and oxygen atoms in total. The summed E-state index contributed by atoms with van der Waals surface area (Å²) < 4.78 is 13.5. The van der Waals surface area contributed by atoms with Crippen LogP contribution < -0.4 is 0 Å². The Morgan fingerprint density at radius 1 is 1.38 bits per heavy atom. The van der Waals surface area contributed by atoms with Gasteiger partial charge in [0.2, 0.25) is 0 Å². The summed E-state index contributed by atoms with van der Waals surface area (Å²) in [6.45, 7) is 3.84. The molecule has 1 fully saturated rings. The fraction of sp³-hybridized carbons (Fsp3) is 0.412. The van der Waals surface area contributed by atoms with E-state index in [1.165, 1.54) is 24.6 Å². The van der Waals surface area contributed by atoms with Crippen LogP contribution in [0.15, 0.2) is 23.8 Å². The van der Waals surface area contributed by atoms with Crippen molar-refractivity contribution in [1.82, 2.24) is 4.90 Å². The Balaban J connectivity index is 2.30. The number of piperidine rings is 1. The number of allylic oxidation sites excluding steroid dienone is 1. The highest BCUT2D eigenvalue weighted by Crippen LogP contribution is 2.22. The third-order valence-electron chi connectivity index (χ3n) is 3.96. The van der Waals surface area contributed by atoms with Crippen LogP contribution in [0, 0.1) is 28.5 Å². The van der Waals surface area contributed by atoms with Crippen molar-refractivity contribution in [1.29, 1.82) is 10.5 Å². The first-order valence-corrected chi connectivity index (χ1v) is 7.18. The molecule has 1 unspecified atom stereocenters. The number of hydrogen-bond donors (Lipinski definition) is 0. The summed E-state index contributed by atoms with van der Waals surface area (Å²) in [6, 6.07) is 8.67. The number of benzene rings is 1. The van der Waals surface area contributed by atoms with Gasteiger partial charge in [0.25, 0.3) is 0 Å². The van der Waals surface area contributed by atoms with Crippen molar-refractivity contribution in [2.75, 3.05) is 6.54 Å². The standard InChI is InChI=1S/C17H18FN3/c1-13-4-2-3-7-21(13)12-16-9-17(18)6-5-15(16)8-14(10-19)11-20/h5-6,8-9,13H,2-4,7,12H2,1H3. The van der Waals surface area contributed by atoms with Crippen LogP contribution in [0.2, 0.25) is 0 Å². The van der Waals surface area contributed by atoms with E-state index in [2.05, 4.69) is 11.8 Å². The van der Waals surface area contributed by atoms with Crippen molar-refractivity contribution in [2.24, 2.45) is 0 Å². The monoisotopic (exact) mass is 283 g/mol. The van der Waals surface area contributed by atoms with Gasteiger partial charge in [-0.15, -0.1) is 0 Å². The van der Waals surface area contributed by atoms with Gasteiger partial charge in [0, 0.05) is 12.6 Å². The molecule has 1 aliphatic heterocycles. The number of nitrogens with zero attached hydrogens (tertiary/aromatic N) is 3. The van der Waals surface area contributed by atoms with Gasteiger partial charge in [-0.25, -0.2) is 4.39 Å². The van der Waals surface area contributed by atoms with E-state index in [1.54, 1.807) is 6.07 Å². The van der Waals surface area contributed by atoms with E-state index in [9.17, 15) is 4.39 Å². The second kappa shape index (κ2) is 7.02. The smallest absolute Gasteiger partial charge is 0.130 e. The lowest BCUT2D eigenvalue weighted by atomic mass is 10.00. The molecule has 21 heavy (non-hydrogen) atoms. The van der Waals surface area contributed by atoms with Crippen LogP contribution in [-0.2, 0) is 6.54 Å². The maximum Gasteiger partial charge on any atom is 0.130 e. The van der Waals surface area contributed by atoms with Gasteiger partial charge in [-0.05, 0) is 55.6 Å². The lowest BCUT2D eigenvalue weighted by Crippen LogP contribution is -2.36. The Morgan fingerprint density at radius 2 is 2.14 bits per heavy atom. The number of likely N-dealkylation sites (tertiary alicyclic amines) is 1. The summed E-state index contributed by atoms with van der Waals surface area (Å²) in [5.41, 5.74) is 1.61. The molecule has 2 rings (SSSR count). The fourth-order valence-corrected chi connectivity index (χ4v) is 2.71. The molecule has 0 aromatic heterocycles. The highest BCUT2D eigenvalue weighted by atomic mass is 19.1. The molecule has 108 valence electrons. The quantitative estimate of drug-likeness (QED) is 0.796. The molecule has 1 aliphatic rings. The van der Waals surface area contributed by atoms with Crippen LogP contribution in [0.25, 0.3) is 6.08 Å². The van der Waals surface area contributed by atoms with Crippen LogP contribution in [-0.4, -0.2) is 17.5 Å². The average Bonchev–Trinajstić information content (AvgIpc) is 2.49. The molecule has 1 heterocycles. The van der Waals surface area contributed by atoms with Crippen molar-refractivity contribution in [3.8, 4) is 12.1 Å². The number of halogens is 1. The Hall–Kier alpha value is -2.17. The average molecular weight is 283 g/mol. The van der Waals surface area contributed by atoms with Crippen molar-refractivity contribution in [3.05, 3.63) is 40.7 Å². The lowest BCUT2D eigenvalue weighted by Gasteiger charge is -2.33. The molecule has 0 saturated carbocycles. The van der Waals surface area contributed by atoms with E-state index in [4.69, 9.17) is 10.5 Å². The van der Waals surface area contributed by atoms with Crippen LogP contribution in [0.3, 0.4) is 0 Å². The highest BCUT2D eigenvalue weighted by molar-refractivity contribution is 5.64. The van der Waals surface area contributed by atoms with Gasteiger partial charge in [0.1, 0.15) is 23.5 Å². The van der Waals surface area contributed by atoms with Crippen molar-refractivity contribution < 1.29 is 4.39 Å². The molecule has 1 saturated heterocycles. The molecule has 0 N–H and O–H groups in total. The Bertz CT molecular complexity index is 606. The van der Waals surface area contributed by atoms with E-state index >= 15 is 0 Å². The van der Waals surface area contributed by atoms with Gasteiger partial charge in [0.15, 0.2) is 0 Å². The minimum absolute atomic E-state index is 0.0366. The Morgan fingerprint density at radius 3 is 2.81 bits per heavy atom. The summed E-state index contributed by atoms with van der Waals surface area (Å²) in [5, 5.41) is 17.7. The van der Waals surface area contributed by atoms with Gasteiger partial charge in [-0.3, -0.25) is 4.90 Å². The summed E-state index contributed by atoms with van der Waals surface area (Å²) in [7, 11) is 0. The molecule has 1 aromatic rings. The minimum Gasteiger partial charge on any atom is -0.296 e. The first-order valence-electron chi connectivity index (χ1n) is 7.18. The topological polar surface area (TPSA) is 50.8 Å². The Labute approximate surface area is 124 Å². The van der Waals surface area contributed by atoms with E-state index in [0.717, 1.165) is 30.5 Å². The van der Waals surface area contributed by atoms with Crippen molar-refractivity contribution >= 4 is 6.08 Å². The first kappa shape index (κ1) is 15.2. The second-order valence-corrected chi connectivity index (χ2v) is 5.44. The zero-order valence-corrected chi connectivity index (χ0v) is 12.1. The molecule has 0 aliphatic carbocycles. The van der Waals surface area contributed by atoms with Gasteiger partial charge in [-0.2, -0.15) is 10.5 Å². The molecular weight excluding hydrogens is 265 g/mol. The fourth-order valence-electron chi connectivity index (χ4n) is 2.71. The third kappa shape index (κ3) is 3.90. The molecule has 4 heteroatoms. The normalized spacial score (nSPS) is 18.6. The summed E-state index contributed by atoms with van der Waals surface area (Å²) >= 11 is 0. The SMILES string of the molecule is CC1CCCCN1Cc1cc(F)ccc1C=C(C#N)C#N. The van der Waals surface area contributed by atoms with Crippen LogP contribution in [0.1, 0.15) is 37.3 Å². The van der Waals surface area contributed by atoms with E-state index in [-0.39, 0.29) is 11.4 Å². The predicted octanol–water partition coefficient (Wildman–Crippen LogP) is 3.63. The number of hydrogen-bond acceptors (Lipinski definition) is 3. The summed E-state index contributed by atoms with van der Waals surface area (Å²) in [4.78, 5) is 2.33. The number of nitriles is 2. The third-order valence-corrected chi connectivity index (χ3v) is 3.96. The van der Waals surface area contributed by atoms with E-state index in [0.29, 0.717) is 12.6 Å². The van der Waals surface area contributed by atoms with E-state index in [1.807, 2.05) is 12.1 Å². The molecule has 0 amide bonds. The maximum absolute atomic E-state index is 13.5. The molecular formula is C17H18FN3.